The fourth-order valence-electron chi connectivity index (χ4n) is 2.45. The van der Waals surface area contributed by atoms with Crippen molar-refractivity contribution in [2.24, 2.45) is 5.73 Å². The molecular formula is C13H21BrClN3O. The van der Waals surface area contributed by atoms with Gasteiger partial charge in [0.1, 0.15) is 5.69 Å². The third-order valence-electron chi connectivity index (χ3n) is 3.54. The van der Waals surface area contributed by atoms with E-state index in [-0.39, 0.29) is 24.4 Å². The summed E-state index contributed by atoms with van der Waals surface area (Å²) in [4.78, 5) is 12.2. The number of rotatable bonds is 3. The molecule has 3 N–H and O–H groups in total. The zero-order valence-corrected chi connectivity index (χ0v) is 13.5. The number of nitrogens with two attached hydrogens (primary N) is 1. The number of carbonyl (C=O) groups is 1. The lowest BCUT2D eigenvalue weighted by atomic mass is 9.92. The fraction of sp³-hybridized carbons (Fsp3) is 0.615. The number of amides is 1. The minimum absolute atomic E-state index is 0. The number of nitrogens with one attached hydrogen (secondary N) is 1. The van der Waals surface area contributed by atoms with Gasteiger partial charge in [-0.25, -0.2) is 0 Å². The van der Waals surface area contributed by atoms with E-state index in [4.69, 9.17) is 5.73 Å². The molecule has 1 aliphatic rings. The minimum Gasteiger partial charge on any atom is -0.348 e. The first-order chi connectivity index (χ1) is 8.60. The molecule has 1 saturated carbocycles. The maximum absolute atomic E-state index is 12.2. The van der Waals surface area contributed by atoms with E-state index in [0.29, 0.717) is 6.04 Å². The molecule has 0 atom stereocenters. The molecular weight excluding hydrogens is 330 g/mol. The third kappa shape index (κ3) is 4.23. The van der Waals surface area contributed by atoms with Crippen LogP contribution in [0.1, 0.15) is 43.1 Å². The van der Waals surface area contributed by atoms with Crippen LogP contribution in [0.15, 0.2) is 16.7 Å². The van der Waals surface area contributed by atoms with Crippen LogP contribution in [0.25, 0.3) is 0 Å². The number of hydrogen-bond acceptors (Lipinski definition) is 2. The molecule has 0 bridgehead atoms. The maximum Gasteiger partial charge on any atom is 0.268 e. The highest BCUT2D eigenvalue weighted by molar-refractivity contribution is 9.10. The maximum atomic E-state index is 12.2. The molecule has 19 heavy (non-hydrogen) atoms. The van der Waals surface area contributed by atoms with Gasteiger partial charge in [-0.15, -0.1) is 12.4 Å². The van der Waals surface area contributed by atoms with Crippen LogP contribution in [0.5, 0.6) is 0 Å². The molecule has 1 aliphatic carbocycles. The molecule has 1 aromatic rings. The molecule has 0 saturated heterocycles. The van der Waals surface area contributed by atoms with Crippen molar-refractivity contribution in [3.8, 4) is 0 Å². The summed E-state index contributed by atoms with van der Waals surface area (Å²) in [7, 11) is 0. The average Bonchev–Trinajstić information content (AvgIpc) is 2.73. The van der Waals surface area contributed by atoms with Gasteiger partial charge >= 0.3 is 0 Å². The lowest BCUT2D eigenvalue weighted by Gasteiger charge is -2.26. The van der Waals surface area contributed by atoms with Crippen LogP contribution in [-0.4, -0.2) is 22.6 Å². The standard InChI is InChI=1S/C13H20BrN3O.ClH/c1-2-17-8-9(14)7-12(17)13(18)16-11-5-3-10(15)4-6-11;/h7-8,10-11H,2-6,15H2,1H3,(H,16,18);1H. The largest absolute Gasteiger partial charge is 0.348 e. The molecule has 4 nitrogen and oxygen atoms in total. The van der Waals surface area contributed by atoms with Crippen LogP contribution < -0.4 is 11.1 Å². The van der Waals surface area contributed by atoms with E-state index >= 15 is 0 Å². The Labute approximate surface area is 128 Å². The van der Waals surface area contributed by atoms with Crippen molar-refractivity contribution in [1.82, 2.24) is 9.88 Å². The Kier molecular flexibility index (Phi) is 6.36. The first-order valence-electron chi connectivity index (χ1n) is 6.52. The second kappa shape index (κ2) is 7.31. The monoisotopic (exact) mass is 349 g/mol. The van der Waals surface area contributed by atoms with Gasteiger partial charge < -0.3 is 15.6 Å². The van der Waals surface area contributed by atoms with Gasteiger partial charge in [-0.2, -0.15) is 0 Å². The Hall–Kier alpha value is -0.520. The molecule has 0 aromatic carbocycles. The van der Waals surface area contributed by atoms with Crippen LogP contribution >= 0.6 is 28.3 Å². The van der Waals surface area contributed by atoms with Gasteiger partial charge in [0.05, 0.1) is 0 Å². The number of nitrogens with zero attached hydrogens (tertiary/aromatic N) is 1. The predicted octanol–water partition coefficient (Wildman–Crippen LogP) is 2.69. The first-order valence-corrected chi connectivity index (χ1v) is 7.31. The third-order valence-corrected chi connectivity index (χ3v) is 3.98. The Morgan fingerprint density at radius 3 is 2.68 bits per heavy atom. The van der Waals surface area contributed by atoms with Crippen LogP contribution in [0.2, 0.25) is 0 Å². The summed E-state index contributed by atoms with van der Waals surface area (Å²) in [6, 6.07) is 2.45. The van der Waals surface area contributed by atoms with Crippen molar-refractivity contribution in [3.05, 3.63) is 22.4 Å². The number of halogens is 2. The van der Waals surface area contributed by atoms with Crippen LogP contribution in [0.3, 0.4) is 0 Å². The molecule has 1 fully saturated rings. The van der Waals surface area contributed by atoms with Gasteiger partial charge in [0.2, 0.25) is 0 Å². The molecule has 0 aliphatic heterocycles. The normalized spacial score (nSPS) is 22.7. The van der Waals surface area contributed by atoms with Crippen molar-refractivity contribution in [1.29, 1.82) is 0 Å². The van der Waals surface area contributed by atoms with Crippen molar-refractivity contribution in [2.45, 2.75) is 51.2 Å². The van der Waals surface area contributed by atoms with Crippen molar-refractivity contribution in [2.75, 3.05) is 0 Å². The Morgan fingerprint density at radius 1 is 1.47 bits per heavy atom. The molecule has 1 aromatic heterocycles. The summed E-state index contributed by atoms with van der Waals surface area (Å²) in [6.07, 6.45) is 5.92. The van der Waals surface area contributed by atoms with E-state index in [1.165, 1.54) is 0 Å². The number of carbonyl (C=O) groups excluding carboxylic acids is 1. The van der Waals surface area contributed by atoms with Gasteiger partial charge in [0.25, 0.3) is 5.91 Å². The molecule has 108 valence electrons. The van der Waals surface area contributed by atoms with Gasteiger partial charge in [0, 0.05) is 29.3 Å². The molecule has 0 spiro atoms. The Bertz CT molecular complexity index is 428. The number of aromatic nitrogens is 1. The highest BCUT2D eigenvalue weighted by atomic mass is 79.9. The van der Waals surface area contributed by atoms with Gasteiger partial charge in [-0.1, -0.05) is 0 Å². The van der Waals surface area contributed by atoms with E-state index in [9.17, 15) is 4.79 Å². The van der Waals surface area contributed by atoms with Crippen LogP contribution in [-0.2, 0) is 6.54 Å². The second-order valence-corrected chi connectivity index (χ2v) is 5.83. The molecule has 6 heteroatoms. The van der Waals surface area contributed by atoms with Crippen LogP contribution in [0.4, 0.5) is 0 Å². The van der Waals surface area contributed by atoms with Crippen LogP contribution in [0, 0.1) is 0 Å². The van der Waals surface area contributed by atoms with Crippen molar-refractivity contribution >= 4 is 34.2 Å². The van der Waals surface area contributed by atoms with Gasteiger partial charge in [-0.05, 0) is 54.6 Å². The lowest BCUT2D eigenvalue weighted by Crippen LogP contribution is -2.41. The molecule has 0 unspecified atom stereocenters. The van der Waals surface area contributed by atoms with E-state index < -0.39 is 0 Å². The molecule has 1 amide bonds. The van der Waals surface area contributed by atoms with Crippen molar-refractivity contribution < 1.29 is 4.79 Å². The second-order valence-electron chi connectivity index (χ2n) is 4.91. The summed E-state index contributed by atoms with van der Waals surface area (Å²) in [5.74, 6) is 0.0167. The van der Waals surface area contributed by atoms with Gasteiger partial charge in [0.15, 0.2) is 0 Å². The zero-order valence-electron chi connectivity index (χ0n) is 11.1. The Balaban J connectivity index is 0.00000180. The first kappa shape index (κ1) is 16.5. The minimum atomic E-state index is 0. The van der Waals surface area contributed by atoms with E-state index in [2.05, 4.69) is 21.2 Å². The smallest absolute Gasteiger partial charge is 0.268 e. The van der Waals surface area contributed by atoms with E-state index in [0.717, 1.165) is 42.4 Å². The molecule has 1 heterocycles. The van der Waals surface area contributed by atoms with E-state index in [1.54, 1.807) is 0 Å². The number of hydrogen-bond donors (Lipinski definition) is 2. The van der Waals surface area contributed by atoms with Crippen molar-refractivity contribution in [3.63, 3.8) is 0 Å². The molecule has 2 rings (SSSR count). The summed E-state index contributed by atoms with van der Waals surface area (Å²) in [5.41, 5.74) is 6.59. The zero-order chi connectivity index (χ0) is 13.1. The quantitative estimate of drug-likeness (QED) is 0.880. The summed E-state index contributed by atoms with van der Waals surface area (Å²) >= 11 is 3.41. The average molecular weight is 351 g/mol. The highest BCUT2D eigenvalue weighted by Gasteiger charge is 2.21. The number of aryl methyl sites for hydroxylation is 1. The molecule has 0 radical (unpaired) electrons. The predicted molar refractivity (Wildman–Crippen MR) is 82.8 cm³/mol. The van der Waals surface area contributed by atoms with Gasteiger partial charge in [-0.3, -0.25) is 4.79 Å². The summed E-state index contributed by atoms with van der Waals surface area (Å²) in [6.45, 7) is 2.83. The topological polar surface area (TPSA) is 60.0 Å². The highest BCUT2D eigenvalue weighted by Crippen LogP contribution is 2.19. The summed E-state index contributed by atoms with van der Waals surface area (Å²) in [5, 5.41) is 3.11. The summed E-state index contributed by atoms with van der Waals surface area (Å²) < 4.78 is 2.90. The fourth-order valence-corrected chi connectivity index (χ4v) is 2.91. The van der Waals surface area contributed by atoms with E-state index in [1.807, 2.05) is 23.8 Å². The lowest BCUT2D eigenvalue weighted by molar-refractivity contribution is 0.0916. The SMILES string of the molecule is CCn1cc(Br)cc1C(=O)NC1CCC(N)CC1.Cl. The Morgan fingerprint density at radius 2 is 2.11 bits per heavy atom.